The number of allylic oxidation sites excluding steroid dienone is 1. The van der Waals surface area contributed by atoms with Crippen molar-refractivity contribution >= 4 is 0 Å². The third-order valence-electron chi connectivity index (χ3n) is 1.98. The first-order valence-electron chi connectivity index (χ1n) is 3.54. The van der Waals surface area contributed by atoms with Gasteiger partial charge in [-0.15, -0.1) is 0 Å². The van der Waals surface area contributed by atoms with E-state index in [9.17, 15) is 0 Å². The highest BCUT2D eigenvalue weighted by atomic mass is 15.4. The molecule has 4 nitrogen and oxygen atoms in total. The van der Waals surface area contributed by atoms with Gasteiger partial charge in [0.25, 0.3) is 0 Å². The molecule has 2 aliphatic rings. The van der Waals surface area contributed by atoms with Crippen molar-refractivity contribution in [3.8, 4) is 0 Å². The molecule has 0 bridgehead atoms. The zero-order valence-corrected chi connectivity index (χ0v) is 6.65. The van der Waals surface area contributed by atoms with E-state index in [0.29, 0.717) is 6.67 Å². The van der Waals surface area contributed by atoms with Gasteiger partial charge in [0, 0.05) is 18.9 Å². The summed E-state index contributed by atoms with van der Waals surface area (Å²) >= 11 is 0. The van der Waals surface area contributed by atoms with Crippen LogP contribution in [0.2, 0.25) is 0 Å². The van der Waals surface area contributed by atoms with Crippen molar-refractivity contribution in [2.45, 2.75) is 6.92 Å². The van der Waals surface area contributed by atoms with Gasteiger partial charge in [-0.3, -0.25) is 0 Å². The van der Waals surface area contributed by atoms with Crippen LogP contribution in [0.1, 0.15) is 6.92 Å². The molecule has 0 atom stereocenters. The van der Waals surface area contributed by atoms with Gasteiger partial charge in [-0.2, -0.15) is 10.2 Å². The number of fused-ring (bicyclic) bond motifs is 1. The Balaban J connectivity index is 2.34. The Morgan fingerprint density at radius 1 is 1.55 bits per heavy atom. The summed E-state index contributed by atoms with van der Waals surface area (Å²) < 4.78 is 0. The topological polar surface area (TPSA) is 31.2 Å². The number of nitrogens with zero attached hydrogens (tertiary/aromatic N) is 4. The van der Waals surface area contributed by atoms with E-state index in [4.69, 9.17) is 0 Å². The molecule has 0 aromatic rings. The van der Waals surface area contributed by atoms with Gasteiger partial charge in [0.1, 0.15) is 12.5 Å². The first kappa shape index (κ1) is 6.39. The fourth-order valence-corrected chi connectivity index (χ4v) is 1.22. The van der Waals surface area contributed by atoms with Crippen molar-refractivity contribution < 1.29 is 0 Å². The van der Waals surface area contributed by atoms with Crippen LogP contribution in [0, 0.1) is 0 Å². The molecule has 0 spiro atoms. The lowest BCUT2D eigenvalue weighted by Gasteiger charge is -2.21. The van der Waals surface area contributed by atoms with Crippen molar-refractivity contribution in [2.75, 3.05) is 13.7 Å². The van der Waals surface area contributed by atoms with E-state index in [-0.39, 0.29) is 0 Å². The summed E-state index contributed by atoms with van der Waals surface area (Å²) in [4.78, 5) is 4.17. The van der Waals surface area contributed by atoms with Crippen LogP contribution < -0.4 is 0 Å². The summed E-state index contributed by atoms with van der Waals surface area (Å²) in [6, 6.07) is 0. The summed E-state index contributed by atoms with van der Waals surface area (Å²) in [6.07, 6.45) is 3.85. The minimum atomic E-state index is 0.646. The standard InChI is InChI=1S/C7H10N4/c1-6-4-11-5-9-8-3-7(11)10(6)2/h3-4H,5H2,1-2H3. The summed E-state index contributed by atoms with van der Waals surface area (Å²) in [7, 11) is 2.03. The zero-order valence-electron chi connectivity index (χ0n) is 6.65. The predicted molar refractivity (Wildman–Crippen MR) is 41.2 cm³/mol. The fraction of sp³-hybridized carbons (Fsp3) is 0.429. The van der Waals surface area contributed by atoms with Gasteiger partial charge in [0.15, 0.2) is 0 Å². The maximum Gasteiger partial charge on any atom is 0.137 e. The molecule has 58 valence electrons. The third-order valence-corrected chi connectivity index (χ3v) is 1.98. The van der Waals surface area contributed by atoms with Crippen molar-refractivity contribution in [1.82, 2.24) is 9.80 Å². The summed E-state index contributed by atoms with van der Waals surface area (Å²) in [5, 5.41) is 7.74. The van der Waals surface area contributed by atoms with E-state index in [1.165, 1.54) is 5.70 Å². The molecule has 2 heterocycles. The summed E-state index contributed by atoms with van der Waals surface area (Å²) in [6.45, 7) is 2.71. The zero-order chi connectivity index (χ0) is 7.84. The fourth-order valence-electron chi connectivity index (χ4n) is 1.22. The minimum absolute atomic E-state index is 0.646. The van der Waals surface area contributed by atoms with Crippen molar-refractivity contribution in [3.05, 3.63) is 23.9 Å². The second-order valence-corrected chi connectivity index (χ2v) is 2.68. The van der Waals surface area contributed by atoms with Gasteiger partial charge in [0.2, 0.25) is 0 Å². The monoisotopic (exact) mass is 150 g/mol. The molecule has 0 saturated carbocycles. The molecule has 0 aliphatic carbocycles. The molecule has 0 unspecified atom stereocenters. The third kappa shape index (κ3) is 0.824. The van der Waals surface area contributed by atoms with Gasteiger partial charge in [-0.25, -0.2) is 0 Å². The van der Waals surface area contributed by atoms with E-state index >= 15 is 0 Å². The van der Waals surface area contributed by atoms with Crippen molar-refractivity contribution in [1.29, 1.82) is 0 Å². The lowest BCUT2D eigenvalue weighted by Crippen LogP contribution is -2.22. The minimum Gasteiger partial charge on any atom is -0.332 e. The smallest absolute Gasteiger partial charge is 0.137 e. The Morgan fingerprint density at radius 3 is 3.09 bits per heavy atom. The van der Waals surface area contributed by atoms with Crippen molar-refractivity contribution in [2.24, 2.45) is 10.2 Å². The van der Waals surface area contributed by atoms with Crippen LogP contribution in [-0.4, -0.2) is 23.5 Å². The van der Waals surface area contributed by atoms with Crippen LogP contribution in [-0.2, 0) is 0 Å². The molecule has 0 saturated heterocycles. The van der Waals surface area contributed by atoms with Gasteiger partial charge < -0.3 is 9.80 Å². The summed E-state index contributed by atoms with van der Waals surface area (Å²) in [5.74, 6) is 1.11. The number of hydrogen-bond donors (Lipinski definition) is 0. The highest BCUT2D eigenvalue weighted by Crippen LogP contribution is 2.25. The molecule has 0 aromatic carbocycles. The molecule has 0 amide bonds. The lowest BCUT2D eigenvalue weighted by molar-refractivity contribution is 0.373. The summed E-state index contributed by atoms with van der Waals surface area (Å²) in [5.41, 5.74) is 1.23. The van der Waals surface area contributed by atoms with Crippen LogP contribution >= 0.6 is 0 Å². The highest BCUT2D eigenvalue weighted by Gasteiger charge is 2.21. The van der Waals surface area contributed by atoms with Gasteiger partial charge in [-0.1, -0.05) is 0 Å². The SMILES string of the molecule is CC1=CN2CN=NC=C2N1C. The molecule has 0 aromatic heterocycles. The van der Waals surface area contributed by atoms with Crippen LogP contribution in [0.15, 0.2) is 34.1 Å². The first-order chi connectivity index (χ1) is 5.29. The van der Waals surface area contributed by atoms with Gasteiger partial charge in [-0.05, 0) is 6.92 Å². The Kier molecular flexibility index (Phi) is 1.21. The van der Waals surface area contributed by atoms with Gasteiger partial charge >= 0.3 is 0 Å². The molecule has 2 rings (SSSR count). The molecular formula is C7H10N4. The molecule has 2 aliphatic heterocycles. The molecule has 0 fully saturated rings. The van der Waals surface area contributed by atoms with E-state index in [1.807, 2.05) is 7.05 Å². The predicted octanol–water partition coefficient (Wildman–Crippen LogP) is 1.32. The maximum absolute atomic E-state index is 3.89. The number of azo groups is 1. The number of rotatable bonds is 0. The average molecular weight is 150 g/mol. The van der Waals surface area contributed by atoms with E-state index in [2.05, 4.69) is 33.2 Å². The Labute approximate surface area is 65.5 Å². The van der Waals surface area contributed by atoms with Gasteiger partial charge in [0.05, 0.1) is 6.20 Å². The van der Waals surface area contributed by atoms with E-state index in [1.54, 1.807) is 6.20 Å². The normalized spacial score (nSPS) is 21.6. The molecule has 4 heteroatoms. The molecule has 11 heavy (non-hydrogen) atoms. The maximum atomic E-state index is 3.89. The second-order valence-electron chi connectivity index (χ2n) is 2.68. The van der Waals surface area contributed by atoms with Crippen LogP contribution in [0.5, 0.6) is 0 Å². The first-order valence-corrected chi connectivity index (χ1v) is 3.54. The number of hydrogen-bond acceptors (Lipinski definition) is 4. The Morgan fingerprint density at radius 2 is 2.36 bits per heavy atom. The second kappa shape index (κ2) is 2.08. The van der Waals surface area contributed by atoms with Crippen molar-refractivity contribution in [3.63, 3.8) is 0 Å². The van der Waals surface area contributed by atoms with E-state index in [0.717, 1.165) is 5.82 Å². The largest absolute Gasteiger partial charge is 0.332 e. The molecule has 0 radical (unpaired) electrons. The van der Waals surface area contributed by atoms with Crippen LogP contribution in [0.3, 0.4) is 0 Å². The Hall–Kier alpha value is -1.32. The average Bonchev–Trinajstić information content (AvgIpc) is 2.30. The molecule has 0 N–H and O–H groups in total. The van der Waals surface area contributed by atoms with E-state index < -0.39 is 0 Å². The quantitative estimate of drug-likeness (QED) is 0.521. The highest BCUT2D eigenvalue weighted by molar-refractivity contribution is 5.19. The molecular weight excluding hydrogens is 140 g/mol. The van der Waals surface area contributed by atoms with Crippen LogP contribution in [0.4, 0.5) is 0 Å². The van der Waals surface area contributed by atoms with Crippen LogP contribution in [0.25, 0.3) is 0 Å². The Bertz CT molecular complexity index is 264. The lowest BCUT2D eigenvalue weighted by atomic mass is 10.5.